The first-order chi connectivity index (χ1) is 7.29. The maximum Gasteiger partial charge on any atom is 0.245 e. The molecule has 16 heavy (non-hydrogen) atoms. The molecule has 0 saturated carbocycles. The fraction of sp³-hybridized carbons (Fsp3) is 0.818. The number of amides is 2. The van der Waals surface area contributed by atoms with Gasteiger partial charge >= 0.3 is 0 Å². The summed E-state index contributed by atoms with van der Waals surface area (Å²) in [5.74, 6) is -0.153. The summed E-state index contributed by atoms with van der Waals surface area (Å²) in [5, 5.41) is 2.59. The lowest BCUT2D eigenvalue weighted by Gasteiger charge is -2.31. The van der Waals surface area contributed by atoms with Gasteiger partial charge in [0.25, 0.3) is 0 Å². The molecule has 2 amide bonds. The van der Waals surface area contributed by atoms with Crippen LogP contribution >= 0.6 is 0 Å². The van der Waals surface area contributed by atoms with Crippen LogP contribution in [0, 0.1) is 0 Å². The summed E-state index contributed by atoms with van der Waals surface area (Å²) < 4.78 is 5.53. The lowest BCUT2D eigenvalue weighted by atomic mass is 10.2. The summed E-state index contributed by atoms with van der Waals surface area (Å²) in [6, 6.07) is -0.420. The Kier molecular flexibility index (Phi) is 3.91. The molecule has 1 heterocycles. The molecule has 0 aliphatic carbocycles. The molecule has 5 heteroatoms. The number of hydrogen-bond donors (Lipinski definition) is 1. The van der Waals surface area contributed by atoms with E-state index in [1.807, 2.05) is 20.8 Å². The monoisotopic (exact) mass is 228 g/mol. The molecule has 0 spiro atoms. The van der Waals surface area contributed by atoms with Gasteiger partial charge in [0.15, 0.2) is 0 Å². The van der Waals surface area contributed by atoms with E-state index in [0.717, 1.165) is 0 Å². The number of piperazine rings is 1. The molecule has 1 rings (SSSR count). The van der Waals surface area contributed by atoms with Crippen LogP contribution in [-0.2, 0) is 14.3 Å². The highest BCUT2D eigenvalue weighted by Gasteiger charge is 2.29. The van der Waals surface area contributed by atoms with Crippen molar-refractivity contribution in [2.45, 2.75) is 39.3 Å². The van der Waals surface area contributed by atoms with E-state index in [1.54, 1.807) is 6.92 Å². The Labute approximate surface area is 96.1 Å². The number of ether oxygens (including phenoxy) is 1. The maximum absolute atomic E-state index is 11.7. The summed E-state index contributed by atoms with van der Waals surface area (Å²) in [6.07, 6.45) is 0. The molecular weight excluding hydrogens is 208 g/mol. The van der Waals surface area contributed by atoms with E-state index in [0.29, 0.717) is 13.2 Å². The Balaban J connectivity index is 2.41. The van der Waals surface area contributed by atoms with Crippen molar-refractivity contribution in [3.63, 3.8) is 0 Å². The number of carbonyl (C=O) groups excluding carboxylic acids is 2. The smallest absolute Gasteiger partial charge is 0.245 e. The number of hydrogen-bond acceptors (Lipinski definition) is 3. The highest BCUT2D eigenvalue weighted by atomic mass is 16.5. The Morgan fingerprint density at radius 1 is 1.44 bits per heavy atom. The predicted octanol–water partition coefficient (Wildman–Crippen LogP) is 0.148. The van der Waals surface area contributed by atoms with E-state index >= 15 is 0 Å². The molecule has 0 aromatic rings. The average Bonchev–Trinajstić information content (AvgIpc) is 2.11. The predicted molar refractivity (Wildman–Crippen MR) is 59.9 cm³/mol. The van der Waals surface area contributed by atoms with Gasteiger partial charge in [-0.3, -0.25) is 9.59 Å². The van der Waals surface area contributed by atoms with E-state index in [9.17, 15) is 9.59 Å². The normalized spacial score (nSPS) is 22.2. The van der Waals surface area contributed by atoms with E-state index in [-0.39, 0.29) is 24.0 Å². The zero-order chi connectivity index (χ0) is 12.3. The highest BCUT2D eigenvalue weighted by molar-refractivity contribution is 5.94. The molecule has 0 aromatic heterocycles. The van der Waals surface area contributed by atoms with Gasteiger partial charge in [-0.2, -0.15) is 0 Å². The maximum atomic E-state index is 11.7. The summed E-state index contributed by atoms with van der Waals surface area (Å²) in [6.45, 7) is 8.62. The van der Waals surface area contributed by atoms with Crippen molar-refractivity contribution in [1.29, 1.82) is 0 Å². The van der Waals surface area contributed by atoms with Crippen molar-refractivity contribution in [3.8, 4) is 0 Å². The Hall–Kier alpha value is -1.10. The van der Waals surface area contributed by atoms with Gasteiger partial charge in [0, 0.05) is 6.54 Å². The highest BCUT2D eigenvalue weighted by Crippen LogP contribution is 2.07. The first kappa shape index (κ1) is 13.0. The van der Waals surface area contributed by atoms with Crippen molar-refractivity contribution in [2.75, 3.05) is 19.7 Å². The lowest BCUT2D eigenvalue weighted by Crippen LogP contribution is -2.57. The van der Waals surface area contributed by atoms with Crippen molar-refractivity contribution in [3.05, 3.63) is 0 Å². The number of carbonyl (C=O) groups is 2. The van der Waals surface area contributed by atoms with Crippen LogP contribution in [0.3, 0.4) is 0 Å². The van der Waals surface area contributed by atoms with E-state index in [2.05, 4.69) is 5.32 Å². The van der Waals surface area contributed by atoms with Crippen LogP contribution in [0.5, 0.6) is 0 Å². The van der Waals surface area contributed by atoms with Gasteiger partial charge in [0.1, 0.15) is 6.04 Å². The molecule has 1 atom stereocenters. The second-order valence-electron chi connectivity index (χ2n) is 5.01. The third-order valence-electron chi connectivity index (χ3n) is 2.29. The van der Waals surface area contributed by atoms with Crippen LogP contribution in [0.25, 0.3) is 0 Å². The van der Waals surface area contributed by atoms with Crippen LogP contribution in [0.15, 0.2) is 0 Å². The van der Waals surface area contributed by atoms with Gasteiger partial charge in [-0.15, -0.1) is 0 Å². The van der Waals surface area contributed by atoms with Crippen molar-refractivity contribution < 1.29 is 14.3 Å². The molecule has 1 saturated heterocycles. The van der Waals surface area contributed by atoms with Gasteiger partial charge in [0.05, 0.1) is 18.8 Å². The topological polar surface area (TPSA) is 58.6 Å². The molecule has 5 nitrogen and oxygen atoms in total. The van der Waals surface area contributed by atoms with E-state index in [1.165, 1.54) is 4.90 Å². The molecule has 92 valence electrons. The van der Waals surface area contributed by atoms with Gasteiger partial charge in [-0.1, -0.05) is 0 Å². The Morgan fingerprint density at radius 2 is 2.06 bits per heavy atom. The fourth-order valence-corrected chi connectivity index (χ4v) is 1.53. The van der Waals surface area contributed by atoms with Crippen LogP contribution in [0.2, 0.25) is 0 Å². The standard InChI is InChI=1S/C11H20N2O3/c1-8-10(15)13(7-9(14)12-8)5-6-16-11(2,3)4/h8H,5-7H2,1-4H3,(H,12,14). The minimum Gasteiger partial charge on any atom is -0.374 e. The van der Waals surface area contributed by atoms with Crippen LogP contribution in [-0.4, -0.2) is 48.1 Å². The van der Waals surface area contributed by atoms with Crippen LogP contribution in [0.1, 0.15) is 27.7 Å². The van der Waals surface area contributed by atoms with E-state index < -0.39 is 6.04 Å². The van der Waals surface area contributed by atoms with Crippen molar-refractivity contribution in [2.24, 2.45) is 0 Å². The van der Waals surface area contributed by atoms with Crippen molar-refractivity contribution >= 4 is 11.8 Å². The zero-order valence-corrected chi connectivity index (χ0v) is 10.4. The molecule has 1 aliphatic heterocycles. The summed E-state index contributed by atoms with van der Waals surface area (Å²) in [4.78, 5) is 24.5. The summed E-state index contributed by atoms with van der Waals surface area (Å²) >= 11 is 0. The molecular formula is C11H20N2O3. The lowest BCUT2D eigenvalue weighted by molar-refractivity contribution is -0.145. The molecule has 0 aromatic carbocycles. The zero-order valence-electron chi connectivity index (χ0n) is 10.4. The first-order valence-corrected chi connectivity index (χ1v) is 5.52. The van der Waals surface area contributed by atoms with E-state index in [4.69, 9.17) is 4.74 Å². The molecule has 0 radical (unpaired) electrons. The van der Waals surface area contributed by atoms with Gasteiger partial charge in [-0.25, -0.2) is 0 Å². The van der Waals surface area contributed by atoms with Gasteiger partial charge in [0.2, 0.25) is 11.8 Å². The Morgan fingerprint density at radius 3 is 2.62 bits per heavy atom. The van der Waals surface area contributed by atoms with Crippen molar-refractivity contribution in [1.82, 2.24) is 10.2 Å². The summed E-state index contributed by atoms with van der Waals surface area (Å²) in [5.41, 5.74) is -0.216. The second kappa shape index (κ2) is 4.82. The largest absolute Gasteiger partial charge is 0.374 e. The Bertz CT molecular complexity index is 283. The van der Waals surface area contributed by atoms with Gasteiger partial charge < -0.3 is 15.0 Å². The minimum atomic E-state index is -0.420. The molecule has 1 aliphatic rings. The third-order valence-corrected chi connectivity index (χ3v) is 2.29. The number of nitrogens with one attached hydrogen (secondary N) is 1. The number of nitrogens with zero attached hydrogens (tertiary/aromatic N) is 1. The van der Waals surface area contributed by atoms with Crippen LogP contribution in [0.4, 0.5) is 0 Å². The quantitative estimate of drug-likeness (QED) is 0.748. The molecule has 1 unspecified atom stereocenters. The SMILES string of the molecule is CC1NC(=O)CN(CCOC(C)(C)C)C1=O. The van der Waals surface area contributed by atoms with Gasteiger partial charge in [-0.05, 0) is 27.7 Å². The van der Waals surface area contributed by atoms with Crippen LogP contribution < -0.4 is 5.32 Å². The molecule has 1 fully saturated rings. The summed E-state index contributed by atoms with van der Waals surface area (Å²) in [7, 11) is 0. The number of rotatable bonds is 3. The molecule has 1 N–H and O–H groups in total. The first-order valence-electron chi connectivity index (χ1n) is 5.52. The molecule has 0 bridgehead atoms. The minimum absolute atomic E-state index is 0.0443. The fourth-order valence-electron chi connectivity index (χ4n) is 1.53. The second-order valence-corrected chi connectivity index (χ2v) is 5.01. The average molecular weight is 228 g/mol. The third kappa shape index (κ3) is 3.81.